The Labute approximate surface area is 215 Å². The van der Waals surface area contributed by atoms with Crippen molar-refractivity contribution in [3.63, 3.8) is 0 Å². The Balaban J connectivity index is 1.66. The highest BCUT2D eigenvalue weighted by Crippen LogP contribution is 2.39. The minimum Gasteiger partial charge on any atom is -0.497 e. The zero-order valence-electron chi connectivity index (χ0n) is 22.2. The number of hydrogen-bond acceptors (Lipinski definition) is 4. The molecule has 4 rings (SSSR count). The van der Waals surface area contributed by atoms with Crippen LogP contribution in [0.4, 0.5) is 0 Å². The first kappa shape index (κ1) is 25.7. The van der Waals surface area contributed by atoms with Gasteiger partial charge in [0.15, 0.2) is 5.78 Å². The average molecular weight is 484 g/mol. The third-order valence-corrected chi connectivity index (χ3v) is 6.93. The van der Waals surface area contributed by atoms with Gasteiger partial charge in [-0.3, -0.25) is 9.69 Å². The fourth-order valence-corrected chi connectivity index (χ4v) is 5.39. The van der Waals surface area contributed by atoms with E-state index in [2.05, 4.69) is 51.7 Å². The number of carbonyl (C=O) groups is 1. The highest BCUT2D eigenvalue weighted by molar-refractivity contribution is 6.35. The number of fused-ring (bicyclic) bond motifs is 1. The van der Waals surface area contributed by atoms with Crippen molar-refractivity contribution in [3.05, 3.63) is 95.1 Å². The Kier molecular flexibility index (Phi) is 7.95. The van der Waals surface area contributed by atoms with Crippen LogP contribution in [0.3, 0.4) is 0 Å². The minimum atomic E-state index is -0.0684. The molecule has 0 aromatic heterocycles. The van der Waals surface area contributed by atoms with E-state index in [9.17, 15) is 4.79 Å². The number of allylic oxidation sites excluding steroid dienone is 2. The largest absolute Gasteiger partial charge is 0.497 e. The van der Waals surface area contributed by atoms with Crippen molar-refractivity contribution in [2.75, 3.05) is 7.11 Å². The lowest BCUT2D eigenvalue weighted by Gasteiger charge is -2.36. The Hall–Kier alpha value is -3.37. The third-order valence-electron chi connectivity index (χ3n) is 6.93. The van der Waals surface area contributed by atoms with Gasteiger partial charge >= 0.3 is 0 Å². The van der Waals surface area contributed by atoms with Gasteiger partial charge in [0.05, 0.1) is 7.11 Å². The molecule has 0 spiro atoms. The molecule has 1 aliphatic carbocycles. The van der Waals surface area contributed by atoms with E-state index in [0.29, 0.717) is 17.6 Å². The fourth-order valence-electron chi connectivity index (χ4n) is 5.39. The van der Waals surface area contributed by atoms with Gasteiger partial charge in [0.1, 0.15) is 17.7 Å². The van der Waals surface area contributed by atoms with Crippen molar-refractivity contribution in [3.8, 4) is 11.5 Å². The van der Waals surface area contributed by atoms with E-state index < -0.39 is 0 Å². The second-order valence-corrected chi connectivity index (χ2v) is 9.94. The van der Waals surface area contributed by atoms with Crippen LogP contribution in [-0.4, -0.2) is 36.1 Å². The van der Waals surface area contributed by atoms with E-state index in [1.165, 1.54) is 5.56 Å². The Morgan fingerprint density at radius 3 is 2.00 bits per heavy atom. The number of methoxy groups -OCH3 is 1. The standard InChI is InChI=1S/C32H37NO3/c1-21(2)33(22(3)4)23(5)36-28-18-13-26(14-19-28)32(34)31-29-10-8-7-9-24(29)15-20-30(31)25-11-16-27(35-6)17-12-25/h7-14,16-19,21-23H,15,20H2,1-6H3. The number of benzene rings is 3. The molecule has 4 heteroatoms. The second kappa shape index (κ2) is 11.1. The predicted molar refractivity (Wildman–Crippen MR) is 148 cm³/mol. The Morgan fingerprint density at radius 2 is 1.39 bits per heavy atom. The predicted octanol–water partition coefficient (Wildman–Crippen LogP) is 7.28. The lowest BCUT2D eigenvalue weighted by Crippen LogP contribution is -2.46. The summed E-state index contributed by atoms with van der Waals surface area (Å²) in [6, 6.07) is 24.6. The molecule has 0 fully saturated rings. The van der Waals surface area contributed by atoms with E-state index >= 15 is 0 Å². The molecule has 0 saturated carbocycles. The van der Waals surface area contributed by atoms with Crippen LogP contribution in [0.2, 0.25) is 0 Å². The van der Waals surface area contributed by atoms with Gasteiger partial charge in [0.25, 0.3) is 0 Å². The van der Waals surface area contributed by atoms with E-state index in [0.717, 1.165) is 46.6 Å². The average Bonchev–Trinajstić information content (AvgIpc) is 2.87. The number of aryl methyl sites for hydroxylation is 1. The summed E-state index contributed by atoms with van der Waals surface area (Å²) in [5.41, 5.74) is 5.84. The first-order chi connectivity index (χ1) is 17.3. The van der Waals surface area contributed by atoms with Gasteiger partial charge in [0, 0.05) is 23.2 Å². The molecule has 1 atom stereocenters. The van der Waals surface area contributed by atoms with Crippen LogP contribution in [-0.2, 0) is 6.42 Å². The molecule has 1 aliphatic rings. The zero-order valence-corrected chi connectivity index (χ0v) is 22.2. The molecule has 0 N–H and O–H groups in total. The smallest absolute Gasteiger partial charge is 0.193 e. The van der Waals surface area contributed by atoms with E-state index in [1.54, 1.807) is 7.11 Å². The maximum atomic E-state index is 14.0. The van der Waals surface area contributed by atoms with Crippen molar-refractivity contribution < 1.29 is 14.3 Å². The topological polar surface area (TPSA) is 38.8 Å². The Morgan fingerprint density at radius 1 is 0.778 bits per heavy atom. The van der Waals surface area contributed by atoms with Gasteiger partial charge in [0.2, 0.25) is 0 Å². The third kappa shape index (κ3) is 5.39. The molecule has 188 valence electrons. The summed E-state index contributed by atoms with van der Waals surface area (Å²) >= 11 is 0. The first-order valence-electron chi connectivity index (χ1n) is 12.8. The van der Waals surface area contributed by atoms with Crippen molar-refractivity contribution in [1.82, 2.24) is 4.90 Å². The molecule has 0 heterocycles. The van der Waals surface area contributed by atoms with Crippen LogP contribution in [0.25, 0.3) is 11.1 Å². The number of hydrogen-bond donors (Lipinski definition) is 0. The summed E-state index contributed by atoms with van der Waals surface area (Å²) < 4.78 is 11.6. The van der Waals surface area contributed by atoms with Gasteiger partial charge in [-0.05, 0) is 106 Å². The normalized spacial score (nSPS) is 14.2. The molecule has 3 aromatic rings. The molecule has 0 radical (unpaired) electrons. The van der Waals surface area contributed by atoms with Crippen molar-refractivity contribution in [2.45, 2.75) is 65.8 Å². The molecular formula is C32H37NO3. The molecule has 3 aromatic carbocycles. The summed E-state index contributed by atoms with van der Waals surface area (Å²) in [7, 11) is 1.66. The fraction of sp³-hybridized carbons (Fsp3) is 0.344. The number of carbonyl (C=O) groups excluding carboxylic acids is 1. The monoisotopic (exact) mass is 483 g/mol. The van der Waals surface area contributed by atoms with E-state index in [4.69, 9.17) is 9.47 Å². The van der Waals surface area contributed by atoms with Crippen LogP contribution in [0, 0.1) is 0 Å². The van der Waals surface area contributed by atoms with E-state index in [1.807, 2.05) is 60.7 Å². The van der Waals surface area contributed by atoms with Gasteiger partial charge in [-0.15, -0.1) is 0 Å². The number of rotatable bonds is 9. The van der Waals surface area contributed by atoms with Gasteiger partial charge in [-0.1, -0.05) is 36.4 Å². The highest BCUT2D eigenvalue weighted by Gasteiger charge is 2.26. The highest BCUT2D eigenvalue weighted by atomic mass is 16.5. The summed E-state index contributed by atoms with van der Waals surface area (Å²) in [5, 5.41) is 0. The van der Waals surface area contributed by atoms with Crippen molar-refractivity contribution in [1.29, 1.82) is 0 Å². The molecule has 0 saturated heterocycles. The van der Waals surface area contributed by atoms with E-state index in [-0.39, 0.29) is 12.0 Å². The molecule has 0 amide bonds. The van der Waals surface area contributed by atoms with Gasteiger partial charge in [-0.2, -0.15) is 0 Å². The van der Waals surface area contributed by atoms with Crippen molar-refractivity contribution in [2.24, 2.45) is 0 Å². The Bertz CT molecular complexity index is 1220. The number of Topliss-reactive ketones (excluding diaryl/α,β-unsaturated/α-hetero) is 1. The first-order valence-corrected chi connectivity index (χ1v) is 12.8. The molecule has 1 unspecified atom stereocenters. The van der Waals surface area contributed by atoms with Crippen LogP contribution < -0.4 is 9.47 Å². The molecule has 4 nitrogen and oxygen atoms in total. The maximum absolute atomic E-state index is 14.0. The number of nitrogens with zero attached hydrogens (tertiary/aromatic N) is 1. The minimum absolute atomic E-state index is 0.0403. The summed E-state index contributed by atoms with van der Waals surface area (Å²) in [4.78, 5) is 16.3. The summed E-state index contributed by atoms with van der Waals surface area (Å²) in [6.45, 7) is 10.8. The van der Waals surface area contributed by atoms with Crippen molar-refractivity contribution >= 4 is 16.9 Å². The summed E-state index contributed by atoms with van der Waals surface area (Å²) in [5.74, 6) is 1.61. The summed E-state index contributed by atoms with van der Waals surface area (Å²) in [6.07, 6.45) is 1.67. The van der Waals surface area contributed by atoms with Crippen LogP contribution >= 0.6 is 0 Å². The van der Waals surface area contributed by atoms with Crippen LogP contribution in [0.15, 0.2) is 72.8 Å². The second-order valence-electron chi connectivity index (χ2n) is 9.94. The van der Waals surface area contributed by atoms with Gasteiger partial charge < -0.3 is 9.47 Å². The molecule has 0 aliphatic heterocycles. The van der Waals surface area contributed by atoms with Crippen LogP contribution in [0.1, 0.15) is 68.1 Å². The number of ether oxygens (including phenoxy) is 2. The molecule has 0 bridgehead atoms. The molecular weight excluding hydrogens is 446 g/mol. The van der Waals surface area contributed by atoms with Crippen LogP contribution in [0.5, 0.6) is 11.5 Å². The molecule has 36 heavy (non-hydrogen) atoms. The maximum Gasteiger partial charge on any atom is 0.193 e. The zero-order chi connectivity index (χ0) is 25.8. The lowest BCUT2D eigenvalue weighted by atomic mass is 9.79. The SMILES string of the molecule is COc1ccc(C2=C(C(=O)c3ccc(OC(C)N(C(C)C)C(C)C)cc3)c3ccccc3CC2)cc1. The lowest BCUT2D eigenvalue weighted by molar-refractivity contribution is -0.00560. The number of ketones is 1. The van der Waals surface area contributed by atoms with Gasteiger partial charge in [-0.25, -0.2) is 0 Å². The quantitative estimate of drug-likeness (QED) is 0.237.